The molecule has 0 heterocycles. The van der Waals surface area contributed by atoms with E-state index in [0.717, 1.165) is 5.56 Å². The number of hydrazine groups is 1. The molecule has 104 valence electrons. The van der Waals surface area contributed by atoms with Crippen LogP contribution in [0.3, 0.4) is 0 Å². The molecule has 0 fully saturated rings. The van der Waals surface area contributed by atoms with Crippen LogP contribution in [0.4, 0.5) is 0 Å². The Hall–Kier alpha value is -2.04. The van der Waals surface area contributed by atoms with Gasteiger partial charge in [0.25, 0.3) is 5.91 Å². The third kappa shape index (κ3) is 3.50. The van der Waals surface area contributed by atoms with Gasteiger partial charge in [0.05, 0.1) is 5.02 Å². The van der Waals surface area contributed by atoms with Crippen LogP contribution in [0.15, 0.2) is 42.5 Å². The molecule has 0 aliphatic heterocycles. The summed E-state index contributed by atoms with van der Waals surface area (Å²) in [4.78, 5) is 11.4. The van der Waals surface area contributed by atoms with E-state index in [1.165, 1.54) is 11.6 Å². The van der Waals surface area contributed by atoms with Gasteiger partial charge in [0.15, 0.2) is 0 Å². The molecule has 4 nitrogen and oxygen atoms in total. The summed E-state index contributed by atoms with van der Waals surface area (Å²) < 4.78 is 5.64. The Labute approximate surface area is 122 Å². The first kappa shape index (κ1) is 14.4. The van der Waals surface area contributed by atoms with Crippen molar-refractivity contribution >= 4 is 17.5 Å². The monoisotopic (exact) mass is 290 g/mol. The first-order valence-corrected chi connectivity index (χ1v) is 6.47. The zero-order valence-electron chi connectivity index (χ0n) is 11.0. The third-order valence-corrected chi connectivity index (χ3v) is 3.14. The van der Waals surface area contributed by atoms with Crippen LogP contribution in [0.2, 0.25) is 5.02 Å². The number of nitrogen functional groups attached to an aromatic ring is 1. The van der Waals surface area contributed by atoms with Crippen molar-refractivity contribution in [2.24, 2.45) is 5.84 Å². The van der Waals surface area contributed by atoms with E-state index in [0.29, 0.717) is 22.9 Å². The van der Waals surface area contributed by atoms with Gasteiger partial charge in [0, 0.05) is 5.56 Å². The maximum atomic E-state index is 11.4. The molecule has 3 N–H and O–H groups in total. The molecule has 20 heavy (non-hydrogen) atoms. The summed E-state index contributed by atoms with van der Waals surface area (Å²) in [5.74, 6) is 5.20. The number of rotatable bonds is 4. The van der Waals surface area contributed by atoms with E-state index in [2.05, 4.69) is 5.43 Å². The molecular weight excluding hydrogens is 276 g/mol. The number of hydrogen-bond acceptors (Lipinski definition) is 3. The molecule has 0 aromatic heterocycles. The molecule has 0 unspecified atom stereocenters. The summed E-state index contributed by atoms with van der Waals surface area (Å²) in [6, 6.07) is 12.8. The van der Waals surface area contributed by atoms with Crippen molar-refractivity contribution < 1.29 is 9.53 Å². The molecule has 2 rings (SSSR count). The molecule has 0 aliphatic rings. The number of aryl methyl sites for hydroxylation is 1. The number of benzene rings is 2. The predicted molar refractivity (Wildman–Crippen MR) is 78.6 cm³/mol. The molecule has 2 aromatic carbocycles. The fourth-order valence-electron chi connectivity index (χ4n) is 1.69. The zero-order chi connectivity index (χ0) is 14.5. The van der Waals surface area contributed by atoms with Gasteiger partial charge in [-0.05, 0) is 30.7 Å². The highest BCUT2D eigenvalue weighted by atomic mass is 35.5. The van der Waals surface area contributed by atoms with Crippen LogP contribution in [0.5, 0.6) is 5.75 Å². The lowest BCUT2D eigenvalue weighted by molar-refractivity contribution is 0.0953. The highest BCUT2D eigenvalue weighted by Gasteiger charge is 2.08. The number of carbonyl (C=O) groups is 1. The van der Waals surface area contributed by atoms with Crippen molar-refractivity contribution in [1.29, 1.82) is 0 Å². The molecular formula is C15H15ClN2O2. The minimum atomic E-state index is -0.392. The first-order valence-electron chi connectivity index (χ1n) is 6.09. The number of carbonyl (C=O) groups excluding carboxylic acids is 1. The second-order valence-corrected chi connectivity index (χ2v) is 4.80. The largest absolute Gasteiger partial charge is 0.487 e. The van der Waals surface area contributed by atoms with Crippen molar-refractivity contribution in [3.05, 3.63) is 64.2 Å². The van der Waals surface area contributed by atoms with Crippen molar-refractivity contribution in [3.8, 4) is 5.75 Å². The molecule has 0 spiro atoms. The van der Waals surface area contributed by atoms with Crippen molar-refractivity contribution in [1.82, 2.24) is 5.43 Å². The smallest absolute Gasteiger partial charge is 0.265 e. The number of ether oxygens (including phenoxy) is 1. The van der Waals surface area contributed by atoms with Crippen LogP contribution in [-0.4, -0.2) is 5.91 Å². The molecule has 0 bridgehead atoms. The lowest BCUT2D eigenvalue weighted by atomic mass is 10.2. The van der Waals surface area contributed by atoms with Gasteiger partial charge in [0.1, 0.15) is 12.4 Å². The first-order chi connectivity index (χ1) is 9.60. The number of nitrogens with two attached hydrogens (primary N) is 1. The third-order valence-electron chi connectivity index (χ3n) is 2.84. The minimum absolute atomic E-state index is 0.373. The van der Waals surface area contributed by atoms with E-state index < -0.39 is 5.91 Å². The maximum absolute atomic E-state index is 11.4. The van der Waals surface area contributed by atoms with Gasteiger partial charge >= 0.3 is 0 Å². The Kier molecular flexibility index (Phi) is 4.61. The second-order valence-electron chi connectivity index (χ2n) is 4.39. The minimum Gasteiger partial charge on any atom is -0.487 e. The van der Waals surface area contributed by atoms with Crippen molar-refractivity contribution in [2.75, 3.05) is 0 Å². The summed E-state index contributed by atoms with van der Waals surface area (Å²) >= 11 is 6.08. The Morgan fingerprint density at radius 1 is 1.25 bits per heavy atom. The quantitative estimate of drug-likeness (QED) is 0.517. The molecule has 0 saturated heterocycles. The van der Waals surface area contributed by atoms with Crippen LogP contribution in [-0.2, 0) is 6.61 Å². The van der Waals surface area contributed by atoms with Gasteiger partial charge in [0.2, 0.25) is 0 Å². The summed E-state index contributed by atoms with van der Waals surface area (Å²) in [7, 11) is 0. The van der Waals surface area contributed by atoms with Gasteiger partial charge in [-0.3, -0.25) is 10.2 Å². The van der Waals surface area contributed by atoms with Gasteiger partial charge in [-0.15, -0.1) is 0 Å². The predicted octanol–water partition coefficient (Wildman–Crippen LogP) is 2.83. The van der Waals surface area contributed by atoms with Gasteiger partial charge in [-0.1, -0.05) is 41.4 Å². The summed E-state index contributed by atoms with van der Waals surface area (Å²) in [5.41, 5.74) is 4.69. The molecule has 0 aliphatic carbocycles. The molecule has 2 aromatic rings. The molecule has 5 heteroatoms. The van der Waals surface area contributed by atoms with E-state index in [9.17, 15) is 4.79 Å². The Bertz CT molecular complexity index is 612. The number of nitrogens with one attached hydrogen (secondary N) is 1. The van der Waals surface area contributed by atoms with E-state index in [1.807, 2.05) is 31.2 Å². The maximum Gasteiger partial charge on any atom is 0.265 e. The van der Waals surface area contributed by atoms with Crippen LogP contribution >= 0.6 is 11.6 Å². The normalized spacial score (nSPS) is 10.2. The molecule has 0 radical (unpaired) electrons. The summed E-state index contributed by atoms with van der Waals surface area (Å²) in [6.45, 7) is 2.45. The fourth-order valence-corrected chi connectivity index (χ4v) is 1.92. The van der Waals surface area contributed by atoms with Gasteiger partial charge in [-0.25, -0.2) is 5.84 Å². The number of amides is 1. The standard InChI is InChI=1S/C15H15ClN2O2/c1-10-2-4-11(5-3-10)9-20-14-7-6-12(8-13(14)16)15(19)18-17/h2-8H,9,17H2,1H3,(H,18,19). The topological polar surface area (TPSA) is 64.3 Å². The van der Waals surface area contributed by atoms with Crippen LogP contribution in [0.25, 0.3) is 0 Å². The average Bonchev–Trinajstić information content (AvgIpc) is 2.46. The second kappa shape index (κ2) is 6.41. The molecule has 1 amide bonds. The zero-order valence-corrected chi connectivity index (χ0v) is 11.8. The van der Waals surface area contributed by atoms with Gasteiger partial charge < -0.3 is 4.74 Å². The van der Waals surface area contributed by atoms with Crippen LogP contribution in [0.1, 0.15) is 21.5 Å². The van der Waals surface area contributed by atoms with E-state index in [4.69, 9.17) is 22.2 Å². The SMILES string of the molecule is Cc1ccc(COc2ccc(C(=O)NN)cc2Cl)cc1. The van der Waals surface area contributed by atoms with Gasteiger partial charge in [-0.2, -0.15) is 0 Å². The van der Waals surface area contributed by atoms with E-state index in [-0.39, 0.29) is 0 Å². The number of halogens is 1. The fraction of sp³-hybridized carbons (Fsp3) is 0.133. The lowest BCUT2D eigenvalue weighted by Gasteiger charge is -2.09. The summed E-state index contributed by atoms with van der Waals surface area (Å²) in [6.07, 6.45) is 0. The van der Waals surface area contributed by atoms with Crippen LogP contribution in [0, 0.1) is 6.92 Å². The van der Waals surface area contributed by atoms with Crippen molar-refractivity contribution in [2.45, 2.75) is 13.5 Å². The Balaban J connectivity index is 2.06. The molecule has 0 saturated carbocycles. The van der Waals surface area contributed by atoms with Crippen LogP contribution < -0.4 is 16.0 Å². The highest BCUT2D eigenvalue weighted by Crippen LogP contribution is 2.26. The van der Waals surface area contributed by atoms with E-state index in [1.54, 1.807) is 12.1 Å². The Morgan fingerprint density at radius 2 is 1.95 bits per heavy atom. The summed E-state index contributed by atoms with van der Waals surface area (Å²) in [5, 5.41) is 0.373. The Morgan fingerprint density at radius 3 is 2.55 bits per heavy atom. The highest BCUT2D eigenvalue weighted by molar-refractivity contribution is 6.32. The molecule has 0 atom stereocenters. The average molecular weight is 291 g/mol. The van der Waals surface area contributed by atoms with E-state index >= 15 is 0 Å². The number of hydrogen-bond donors (Lipinski definition) is 2. The van der Waals surface area contributed by atoms with Crippen molar-refractivity contribution in [3.63, 3.8) is 0 Å². The lowest BCUT2D eigenvalue weighted by Crippen LogP contribution is -2.29.